The van der Waals surface area contributed by atoms with Gasteiger partial charge in [0.25, 0.3) is 0 Å². The Bertz CT molecular complexity index is 522. The minimum atomic E-state index is -0.776. The SMILES string of the molecule is CCCC(C)(N)C(=O)NCCc1ccc(OCCN2CCCC2)cc1. The van der Waals surface area contributed by atoms with Crippen molar-refractivity contribution in [1.82, 2.24) is 10.2 Å². The maximum atomic E-state index is 12.1. The van der Waals surface area contributed by atoms with Crippen molar-refractivity contribution in [1.29, 1.82) is 0 Å². The summed E-state index contributed by atoms with van der Waals surface area (Å²) in [5.41, 5.74) is 6.44. The van der Waals surface area contributed by atoms with E-state index in [4.69, 9.17) is 10.5 Å². The van der Waals surface area contributed by atoms with Crippen molar-refractivity contribution < 1.29 is 9.53 Å². The highest BCUT2D eigenvalue weighted by Gasteiger charge is 2.26. The van der Waals surface area contributed by atoms with Crippen LogP contribution in [0.3, 0.4) is 0 Å². The fourth-order valence-corrected chi connectivity index (χ4v) is 3.21. The fourth-order valence-electron chi connectivity index (χ4n) is 3.21. The largest absolute Gasteiger partial charge is 0.492 e. The molecule has 1 fully saturated rings. The normalized spacial score (nSPS) is 17.2. The van der Waals surface area contributed by atoms with E-state index in [0.29, 0.717) is 13.0 Å². The van der Waals surface area contributed by atoms with Crippen LogP contribution in [0, 0.1) is 0 Å². The van der Waals surface area contributed by atoms with E-state index >= 15 is 0 Å². The summed E-state index contributed by atoms with van der Waals surface area (Å²) in [6.45, 7) is 8.57. The summed E-state index contributed by atoms with van der Waals surface area (Å²) in [6.07, 6.45) is 5.02. The first kappa shape index (κ1) is 19.7. The molecule has 1 amide bonds. The predicted molar refractivity (Wildman–Crippen MR) is 102 cm³/mol. The van der Waals surface area contributed by atoms with Gasteiger partial charge in [0.1, 0.15) is 12.4 Å². The number of nitrogens with one attached hydrogen (secondary N) is 1. The molecule has 1 heterocycles. The molecule has 25 heavy (non-hydrogen) atoms. The zero-order valence-electron chi connectivity index (χ0n) is 15.7. The molecule has 0 spiro atoms. The molecule has 1 aromatic rings. The van der Waals surface area contributed by atoms with Gasteiger partial charge in [0.05, 0.1) is 5.54 Å². The Balaban J connectivity index is 1.66. The van der Waals surface area contributed by atoms with Crippen LogP contribution >= 0.6 is 0 Å². The Morgan fingerprint density at radius 2 is 1.96 bits per heavy atom. The molecule has 0 saturated carbocycles. The van der Waals surface area contributed by atoms with Gasteiger partial charge in [0, 0.05) is 13.1 Å². The summed E-state index contributed by atoms with van der Waals surface area (Å²) in [5, 5.41) is 2.94. The lowest BCUT2D eigenvalue weighted by Gasteiger charge is -2.22. The molecule has 5 nitrogen and oxygen atoms in total. The van der Waals surface area contributed by atoms with E-state index in [2.05, 4.69) is 22.3 Å². The highest BCUT2D eigenvalue weighted by molar-refractivity contribution is 5.85. The minimum Gasteiger partial charge on any atom is -0.492 e. The van der Waals surface area contributed by atoms with Gasteiger partial charge in [-0.15, -0.1) is 0 Å². The molecule has 1 aliphatic rings. The van der Waals surface area contributed by atoms with Gasteiger partial charge in [-0.3, -0.25) is 9.69 Å². The van der Waals surface area contributed by atoms with Crippen LogP contribution in [0.25, 0.3) is 0 Å². The molecule has 0 aliphatic carbocycles. The summed E-state index contributed by atoms with van der Waals surface area (Å²) in [4.78, 5) is 14.5. The number of hydrogen-bond donors (Lipinski definition) is 2. The molecule has 3 N–H and O–H groups in total. The van der Waals surface area contributed by atoms with Gasteiger partial charge in [0.15, 0.2) is 0 Å². The molecule has 1 saturated heterocycles. The van der Waals surface area contributed by atoms with E-state index < -0.39 is 5.54 Å². The van der Waals surface area contributed by atoms with Crippen molar-refractivity contribution >= 4 is 5.91 Å². The summed E-state index contributed by atoms with van der Waals surface area (Å²) in [6, 6.07) is 8.13. The van der Waals surface area contributed by atoms with Gasteiger partial charge in [0.2, 0.25) is 5.91 Å². The summed E-state index contributed by atoms with van der Waals surface area (Å²) in [5.74, 6) is 0.834. The van der Waals surface area contributed by atoms with Crippen LogP contribution < -0.4 is 15.8 Å². The molecular formula is C20H33N3O2. The molecule has 0 aromatic heterocycles. The third kappa shape index (κ3) is 6.67. The number of benzene rings is 1. The molecule has 5 heteroatoms. The Morgan fingerprint density at radius 3 is 2.60 bits per heavy atom. The number of carbonyl (C=O) groups is 1. The number of ether oxygens (including phenoxy) is 1. The van der Waals surface area contributed by atoms with Gasteiger partial charge < -0.3 is 15.8 Å². The second-order valence-electron chi connectivity index (χ2n) is 7.21. The lowest BCUT2D eigenvalue weighted by molar-refractivity contribution is -0.126. The van der Waals surface area contributed by atoms with Crippen LogP contribution in [0.2, 0.25) is 0 Å². The number of rotatable bonds is 10. The van der Waals surface area contributed by atoms with Gasteiger partial charge in [-0.1, -0.05) is 25.5 Å². The lowest BCUT2D eigenvalue weighted by Crippen LogP contribution is -2.51. The van der Waals surface area contributed by atoms with Crippen molar-refractivity contribution in [2.75, 3.05) is 32.8 Å². The van der Waals surface area contributed by atoms with E-state index in [1.165, 1.54) is 31.5 Å². The average molecular weight is 348 g/mol. The van der Waals surface area contributed by atoms with Crippen LogP contribution in [0.4, 0.5) is 0 Å². The first-order chi connectivity index (χ1) is 12.0. The summed E-state index contributed by atoms with van der Waals surface area (Å²) in [7, 11) is 0. The minimum absolute atomic E-state index is 0.0729. The van der Waals surface area contributed by atoms with Crippen molar-refractivity contribution in [3.63, 3.8) is 0 Å². The van der Waals surface area contributed by atoms with E-state index in [-0.39, 0.29) is 5.91 Å². The number of nitrogens with two attached hydrogens (primary N) is 1. The van der Waals surface area contributed by atoms with Crippen molar-refractivity contribution in [3.05, 3.63) is 29.8 Å². The number of likely N-dealkylation sites (tertiary alicyclic amines) is 1. The predicted octanol–water partition coefficient (Wildman–Crippen LogP) is 2.34. The summed E-state index contributed by atoms with van der Waals surface area (Å²) >= 11 is 0. The monoisotopic (exact) mass is 347 g/mol. The number of amides is 1. The Kier molecular flexibility index (Phi) is 7.72. The van der Waals surface area contributed by atoms with Crippen LogP contribution in [-0.2, 0) is 11.2 Å². The van der Waals surface area contributed by atoms with Crippen LogP contribution in [-0.4, -0.2) is 49.1 Å². The van der Waals surface area contributed by atoms with Gasteiger partial charge >= 0.3 is 0 Å². The van der Waals surface area contributed by atoms with Crippen LogP contribution in [0.15, 0.2) is 24.3 Å². The van der Waals surface area contributed by atoms with Gasteiger partial charge in [-0.2, -0.15) is 0 Å². The number of hydrogen-bond acceptors (Lipinski definition) is 4. The molecule has 0 bridgehead atoms. The van der Waals surface area contributed by atoms with Gasteiger partial charge in [-0.25, -0.2) is 0 Å². The summed E-state index contributed by atoms with van der Waals surface area (Å²) < 4.78 is 5.81. The molecule has 1 atom stereocenters. The smallest absolute Gasteiger partial charge is 0.239 e. The molecule has 140 valence electrons. The molecule has 1 aliphatic heterocycles. The standard InChI is InChI=1S/C20H33N3O2/c1-3-11-20(2,21)19(24)22-12-10-17-6-8-18(9-7-17)25-16-15-23-13-4-5-14-23/h6-9H,3-5,10-16,21H2,1-2H3,(H,22,24). The van der Waals surface area contributed by atoms with Crippen LogP contribution in [0.1, 0.15) is 45.1 Å². The van der Waals surface area contributed by atoms with Crippen LogP contribution in [0.5, 0.6) is 5.75 Å². The maximum Gasteiger partial charge on any atom is 0.239 e. The van der Waals surface area contributed by atoms with E-state index in [9.17, 15) is 4.79 Å². The highest BCUT2D eigenvalue weighted by Crippen LogP contribution is 2.14. The molecule has 1 unspecified atom stereocenters. The number of nitrogens with zero attached hydrogens (tertiary/aromatic N) is 1. The third-order valence-electron chi connectivity index (χ3n) is 4.79. The topological polar surface area (TPSA) is 67.6 Å². The lowest BCUT2D eigenvalue weighted by atomic mass is 9.96. The molecule has 0 radical (unpaired) electrons. The second kappa shape index (κ2) is 9.78. The Labute approximate surface area is 151 Å². The maximum absolute atomic E-state index is 12.1. The molecule has 2 rings (SSSR count). The fraction of sp³-hybridized carbons (Fsp3) is 0.650. The Morgan fingerprint density at radius 1 is 1.28 bits per heavy atom. The van der Waals surface area contributed by atoms with E-state index in [1.54, 1.807) is 6.92 Å². The average Bonchev–Trinajstić information content (AvgIpc) is 3.09. The van der Waals surface area contributed by atoms with Crippen molar-refractivity contribution in [3.8, 4) is 5.75 Å². The number of carbonyl (C=O) groups excluding carboxylic acids is 1. The van der Waals surface area contributed by atoms with E-state index in [0.717, 1.165) is 31.7 Å². The Hall–Kier alpha value is -1.59. The first-order valence-electron chi connectivity index (χ1n) is 9.52. The quantitative estimate of drug-likeness (QED) is 0.682. The second-order valence-corrected chi connectivity index (χ2v) is 7.21. The van der Waals surface area contributed by atoms with Gasteiger partial charge in [-0.05, 0) is 63.4 Å². The van der Waals surface area contributed by atoms with Crippen molar-refractivity contribution in [2.45, 2.75) is 51.5 Å². The first-order valence-corrected chi connectivity index (χ1v) is 9.52. The van der Waals surface area contributed by atoms with Crippen molar-refractivity contribution in [2.24, 2.45) is 5.73 Å². The zero-order valence-corrected chi connectivity index (χ0v) is 15.7. The molecular weight excluding hydrogens is 314 g/mol. The third-order valence-corrected chi connectivity index (χ3v) is 4.79. The zero-order chi connectivity index (χ0) is 18.1. The highest BCUT2D eigenvalue weighted by atomic mass is 16.5. The molecule has 1 aromatic carbocycles. The van der Waals surface area contributed by atoms with E-state index in [1.807, 2.05) is 19.1 Å².